The van der Waals surface area contributed by atoms with Crippen molar-refractivity contribution in [2.75, 3.05) is 0 Å². The van der Waals surface area contributed by atoms with Gasteiger partial charge in [-0.1, -0.05) is 19.1 Å². The molecule has 0 saturated heterocycles. The Labute approximate surface area is 102 Å². The molecule has 0 heterocycles. The first-order valence-corrected chi connectivity index (χ1v) is 5.30. The van der Waals surface area contributed by atoms with Gasteiger partial charge in [-0.3, -0.25) is 0 Å². The number of halogens is 3. The Balaban J connectivity index is 2.92. The second kappa shape index (κ2) is 5.74. The zero-order valence-corrected chi connectivity index (χ0v) is 9.61. The maximum atomic E-state index is 12.0. The van der Waals surface area contributed by atoms with Crippen LogP contribution in [0.3, 0.4) is 0 Å². The Morgan fingerprint density at radius 1 is 1.44 bits per heavy atom. The standard InChI is InChI=1S/C12H12F3NO2/c1-2-8(7-16)11(17)9-4-3-5-10(6-9)18-12(13,14)15/h3-6,8,11,17H,2H2,1H3. The molecule has 6 heteroatoms. The van der Waals surface area contributed by atoms with Crippen LogP contribution in [0.15, 0.2) is 24.3 Å². The molecule has 18 heavy (non-hydrogen) atoms. The summed E-state index contributed by atoms with van der Waals surface area (Å²) in [7, 11) is 0. The number of ether oxygens (including phenoxy) is 1. The summed E-state index contributed by atoms with van der Waals surface area (Å²) in [6.45, 7) is 1.72. The number of hydrogen-bond acceptors (Lipinski definition) is 3. The predicted molar refractivity (Wildman–Crippen MR) is 57.5 cm³/mol. The molecule has 2 atom stereocenters. The van der Waals surface area contributed by atoms with Crippen molar-refractivity contribution in [1.82, 2.24) is 0 Å². The van der Waals surface area contributed by atoms with Crippen LogP contribution in [-0.2, 0) is 0 Å². The minimum Gasteiger partial charge on any atom is -0.406 e. The summed E-state index contributed by atoms with van der Waals surface area (Å²) in [6.07, 6.45) is -5.50. The third-order valence-corrected chi connectivity index (χ3v) is 2.42. The monoisotopic (exact) mass is 259 g/mol. The van der Waals surface area contributed by atoms with Crippen molar-refractivity contribution in [1.29, 1.82) is 5.26 Å². The van der Waals surface area contributed by atoms with Gasteiger partial charge in [-0.15, -0.1) is 13.2 Å². The van der Waals surface area contributed by atoms with Crippen molar-refractivity contribution in [3.8, 4) is 11.8 Å². The minimum atomic E-state index is -4.77. The highest BCUT2D eigenvalue weighted by Gasteiger charge is 2.31. The lowest BCUT2D eigenvalue weighted by atomic mass is 9.95. The highest BCUT2D eigenvalue weighted by atomic mass is 19.4. The molecule has 1 aromatic carbocycles. The first-order chi connectivity index (χ1) is 8.37. The topological polar surface area (TPSA) is 53.2 Å². The average Bonchev–Trinajstić information content (AvgIpc) is 2.28. The van der Waals surface area contributed by atoms with E-state index in [0.29, 0.717) is 6.42 Å². The van der Waals surface area contributed by atoms with Gasteiger partial charge >= 0.3 is 6.36 Å². The summed E-state index contributed by atoms with van der Waals surface area (Å²) < 4.78 is 39.8. The molecule has 1 aromatic rings. The van der Waals surface area contributed by atoms with Crippen LogP contribution >= 0.6 is 0 Å². The smallest absolute Gasteiger partial charge is 0.406 e. The lowest BCUT2D eigenvalue weighted by molar-refractivity contribution is -0.274. The van der Waals surface area contributed by atoms with E-state index in [0.717, 1.165) is 12.1 Å². The van der Waals surface area contributed by atoms with Crippen LogP contribution in [-0.4, -0.2) is 11.5 Å². The molecule has 0 amide bonds. The number of nitriles is 1. The molecule has 0 aromatic heterocycles. The predicted octanol–water partition coefficient (Wildman–Crippen LogP) is 3.17. The number of alkyl halides is 3. The lowest BCUT2D eigenvalue weighted by Crippen LogP contribution is -2.17. The SMILES string of the molecule is CCC(C#N)C(O)c1cccc(OC(F)(F)F)c1. The fourth-order valence-corrected chi connectivity index (χ4v) is 1.51. The molecule has 0 spiro atoms. The highest BCUT2D eigenvalue weighted by Crippen LogP contribution is 2.29. The normalized spacial score (nSPS) is 14.7. The summed E-state index contributed by atoms with van der Waals surface area (Å²) >= 11 is 0. The van der Waals surface area contributed by atoms with Gasteiger partial charge in [-0.25, -0.2) is 0 Å². The molecule has 98 valence electrons. The Hall–Kier alpha value is -1.74. The fraction of sp³-hybridized carbons (Fsp3) is 0.417. The molecule has 3 nitrogen and oxygen atoms in total. The Kier molecular flexibility index (Phi) is 4.56. The van der Waals surface area contributed by atoms with Crippen molar-refractivity contribution < 1.29 is 23.0 Å². The van der Waals surface area contributed by atoms with E-state index < -0.39 is 24.1 Å². The second-order valence-corrected chi connectivity index (χ2v) is 3.71. The largest absolute Gasteiger partial charge is 0.573 e. The van der Waals surface area contributed by atoms with Crippen molar-refractivity contribution in [3.63, 3.8) is 0 Å². The third-order valence-electron chi connectivity index (χ3n) is 2.42. The number of nitrogens with zero attached hydrogens (tertiary/aromatic N) is 1. The molecule has 0 fully saturated rings. The van der Waals surface area contributed by atoms with Gasteiger partial charge in [0.25, 0.3) is 0 Å². The Bertz CT molecular complexity index is 440. The molecular weight excluding hydrogens is 247 g/mol. The molecule has 1 rings (SSSR count). The molecule has 0 saturated carbocycles. The maximum Gasteiger partial charge on any atom is 0.573 e. The maximum absolute atomic E-state index is 12.0. The lowest BCUT2D eigenvalue weighted by Gasteiger charge is -2.16. The summed E-state index contributed by atoms with van der Waals surface area (Å²) in [4.78, 5) is 0. The van der Waals surface area contributed by atoms with Gasteiger partial charge < -0.3 is 9.84 Å². The summed E-state index contributed by atoms with van der Waals surface area (Å²) in [5.74, 6) is -1.07. The molecule has 1 N–H and O–H groups in total. The third kappa shape index (κ3) is 3.93. The number of aliphatic hydroxyl groups excluding tert-OH is 1. The first-order valence-electron chi connectivity index (χ1n) is 5.30. The van der Waals surface area contributed by atoms with Gasteiger partial charge in [-0.05, 0) is 24.1 Å². The quantitative estimate of drug-likeness (QED) is 0.903. The van der Waals surface area contributed by atoms with Gasteiger partial charge in [0.05, 0.1) is 18.1 Å². The second-order valence-electron chi connectivity index (χ2n) is 3.71. The van der Waals surface area contributed by atoms with Crippen LogP contribution in [0.1, 0.15) is 25.0 Å². The van der Waals surface area contributed by atoms with Crippen molar-refractivity contribution in [2.24, 2.45) is 5.92 Å². The van der Waals surface area contributed by atoms with Crippen molar-refractivity contribution >= 4 is 0 Å². The van der Waals surface area contributed by atoms with Crippen LogP contribution in [0.2, 0.25) is 0 Å². The van der Waals surface area contributed by atoms with E-state index in [1.165, 1.54) is 12.1 Å². The number of benzene rings is 1. The fourth-order valence-electron chi connectivity index (χ4n) is 1.51. The van der Waals surface area contributed by atoms with E-state index in [4.69, 9.17) is 5.26 Å². The molecule has 0 radical (unpaired) electrons. The summed E-state index contributed by atoms with van der Waals surface area (Å²) in [5.41, 5.74) is 0.227. The number of aliphatic hydroxyl groups is 1. The summed E-state index contributed by atoms with van der Waals surface area (Å²) in [5, 5.41) is 18.6. The van der Waals surface area contributed by atoms with E-state index in [2.05, 4.69) is 4.74 Å². The Morgan fingerprint density at radius 2 is 2.11 bits per heavy atom. The van der Waals surface area contributed by atoms with E-state index in [1.807, 2.05) is 6.07 Å². The van der Waals surface area contributed by atoms with Crippen molar-refractivity contribution in [2.45, 2.75) is 25.8 Å². The Morgan fingerprint density at radius 3 is 2.61 bits per heavy atom. The molecule has 0 aliphatic carbocycles. The van der Waals surface area contributed by atoms with E-state index in [-0.39, 0.29) is 5.56 Å². The number of rotatable bonds is 4. The van der Waals surface area contributed by atoms with Crippen molar-refractivity contribution in [3.05, 3.63) is 29.8 Å². The molecule has 0 aliphatic rings. The van der Waals surface area contributed by atoms with E-state index >= 15 is 0 Å². The van der Waals surface area contributed by atoms with Gasteiger partial charge in [0, 0.05) is 0 Å². The average molecular weight is 259 g/mol. The van der Waals surface area contributed by atoms with E-state index in [1.54, 1.807) is 6.92 Å². The van der Waals surface area contributed by atoms with Crippen LogP contribution in [0.4, 0.5) is 13.2 Å². The zero-order valence-electron chi connectivity index (χ0n) is 9.61. The van der Waals surface area contributed by atoms with Crippen LogP contribution in [0.5, 0.6) is 5.75 Å². The van der Waals surface area contributed by atoms with Gasteiger partial charge in [-0.2, -0.15) is 5.26 Å². The van der Waals surface area contributed by atoms with Crippen LogP contribution < -0.4 is 4.74 Å². The highest BCUT2D eigenvalue weighted by molar-refractivity contribution is 5.30. The van der Waals surface area contributed by atoms with Crippen LogP contribution in [0.25, 0.3) is 0 Å². The molecule has 2 unspecified atom stereocenters. The van der Waals surface area contributed by atoms with Gasteiger partial charge in [0.2, 0.25) is 0 Å². The first kappa shape index (κ1) is 14.3. The minimum absolute atomic E-state index is 0.227. The van der Waals surface area contributed by atoms with Gasteiger partial charge in [0.15, 0.2) is 0 Å². The van der Waals surface area contributed by atoms with Gasteiger partial charge in [0.1, 0.15) is 5.75 Å². The summed E-state index contributed by atoms with van der Waals surface area (Å²) in [6, 6.07) is 6.91. The zero-order chi connectivity index (χ0) is 13.8. The molecule has 0 aliphatic heterocycles. The molecule has 0 bridgehead atoms. The van der Waals surface area contributed by atoms with Crippen LogP contribution in [0, 0.1) is 17.2 Å². The molecular formula is C12H12F3NO2. The van der Waals surface area contributed by atoms with E-state index in [9.17, 15) is 18.3 Å². The number of hydrogen-bond donors (Lipinski definition) is 1.